The molecule has 0 radical (unpaired) electrons. The third kappa shape index (κ3) is 10.3. The number of carboxylic acids is 3. The fourth-order valence-corrected chi connectivity index (χ4v) is 8.86. The molecule has 4 heterocycles. The van der Waals surface area contributed by atoms with Gasteiger partial charge < -0.3 is 31.5 Å². The first-order chi connectivity index (χ1) is 29.2. The number of nitrogens with zero attached hydrogens (tertiary/aromatic N) is 12. The van der Waals surface area contributed by atoms with E-state index in [9.17, 15) is 34.5 Å². The summed E-state index contributed by atoms with van der Waals surface area (Å²) in [7, 11) is 0. The number of hydrogen-bond acceptors (Lipinski definition) is 21. The van der Waals surface area contributed by atoms with Gasteiger partial charge in [-0.05, 0) is 30.3 Å². The van der Waals surface area contributed by atoms with Crippen LogP contribution >= 0.6 is 46.2 Å². The second-order valence-corrected chi connectivity index (χ2v) is 19.5. The number of carboxylic acid groups (broad SMARTS) is 3. The van der Waals surface area contributed by atoms with Crippen molar-refractivity contribution < 1.29 is 39.2 Å². The average Bonchev–Trinajstić information content (AvgIpc) is 4.00. The first-order valence-corrected chi connectivity index (χ1v) is 21.5. The molecule has 0 atom stereocenters. The Morgan fingerprint density at radius 3 is 1.45 bits per heavy atom. The lowest BCUT2D eigenvalue weighted by Gasteiger charge is -2.15. The number of azo groups is 2. The van der Waals surface area contributed by atoms with Gasteiger partial charge in [0.25, 0.3) is 16.7 Å². The van der Waals surface area contributed by atoms with E-state index < -0.39 is 28.7 Å². The zero-order chi connectivity index (χ0) is 45.1. The number of aromatic carboxylic acids is 3. The number of aromatic nitrogens is 8. The van der Waals surface area contributed by atoms with Gasteiger partial charge in [0.05, 0.1) is 39.5 Å². The largest absolute Gasteiger partial charge is 0.478 e. The number of ether oxygens (including phenoxy) is 1. The number of nitrogens with two attached hydrogens (primary N) is 2. The van der Waals surface area contributed by atoms with E-state index in [-0.39, 0.29) is 73.6 Å². The number of rotatable bonds is 16. The minimum absolute atomic E-state index is 0.00746. The Bertz CT molecular complexity index is 2730. The fraction of sp³-hybridized carbons (Fsp3) is 0.278. The summed E-state index contributed by atoms with van der Waals surface area (Å²) in [5.74, 6) is -2.52. The molecule has 2 aromatic carbocycles. The van der Waals surface area contributed by atoms with Crippen LogP contribution in [0.3, 0.4) is 0 Å². The van der Waals surface area contributed by atoms with Crippen LogP contribution in [0, 0.1) is 0 Å². The quantitative estimate of drug-likeness (QED) is 0.0267. The molecular formula is C36H36N14O8S4. The maximum absolute atomic E-state index is 11.8. The number of benzene rings is 2. The molecule has 26 heteroatoms. The minimum Gasteiger partial charge on any atom is -0.478 e. The van der Waals surface area contributed by atoms with E-state index in [4.69, 9.17) is 16.2 Å². The van der Waals surface area contributed by atoms with Crippen molar-refractivity contribution in [3.63, 3.8) is 0 Å². The lowest BCUT2D eigenvalue weighted by atomic mass is 9.91. The fourth-order valence-electron chi connectivity index (χ4n) is 5.43. The van der Waals surface area contributed by atoms with Crippen molar-refractivity contribution in [2.45, 2.75) is 61.1 Å². The van der Waals surface area contributed by atoms with Crippen LogP contribution in [0.1, 0.15) is 84.0 Å². The highest BCUT2D eigenvalue weighted by atomic mass is 32.2. The molecular weight excluding hydrogens is 885 g/mol. The van der Waals surface area contributed by atoms with Gasteiger partial charge in [-0.1, -0.05) is 87.7 Å². The maximum Gasteiger partial charge on any atom is 0.335 e. The molecule has 62 heavy (non-hydrogen) atoms. The van der Waals surface area contributed by atoms with Crippen LogP contribution in [0.2, 0.25) is 0 Å². The maximum atomic E-state index is 11.8. The molecule has 0 amide bonds. The third-order valence-electron chi connectivity index (χ3n) is 8.23. The van der Waals surface area contributed by atoms with E-state index in [0.717, 1.165) is 6.07 Å². The Morgan fingerprint density at radius 2 is 1.06 bits per heavy atom. The van der Waals surface area contributed by atoms with Crippen LogP contribution in [0.15, 0.2) is 65.5 Å². The molecule has 322 valence electrons. The summed E-state index contributed by atoms with van der Waals surface area (Å²) in [5, 5.41) is 72.3. The van der Waals surface area contributed by atoms with E-state index in [1.165, 1.54) is 85.9 Å². The van der Waals surface area contributed by atoms with Crippen molar-refractivity contribution in [3.8, 4) is 17.1 Å². The predicted molar refractivity (Wildman–Crippen MR) is 231 cm³/mol. The second-order valence-electron chi connectivity index (χ2n) is 14.9. The summed E-state index contributed by atoms with van der Waals surface area (Å²) in [6.07, 6.45) is 0. The van der Waals surface area contributed by atoms with Gasteiger partial charge >= 0.3 is 17.9 Å². The Morgan fingerprint density at radius 1 is 0.661 bits per heavy atom. The molecule has 6 rings (SSSR count). The van der Waals surface area contributed by atoms with Crippen molar-refractivity contribution >= 4 is 104 Å². The number of thioether (sulfide) groups is 2. The van der Waals surface area contributed by atoms with Crippen molar-refractivity contribution in [1.82, 2.24) is 40.0 Å². The molecule has 22 nitrogen and oxygen atoms in total. The highest BCUT2D eigenvalue weighted by Gasteiger charge is 2.29. The van der Waals surface area contributed by atoms with Crippen LogP contribution in [0.5, 0.6) is 5.75 Å². The number of nitrogen functional groups attached to an aromatic ring is 2. The lowest BCUT2D eigenvalue weighted by molar-refractivity contribution is -0.120. The first kappa shape index (κ1) is 44.9. The number of carbonyl (C=O) groups excluding carboxylic acids is 1. The Hall–Kier alpha value is -6.64. The Balaban J connectivity index is 1.11. The van der Waals surface area contributed by atoms with Gasteiger partial charge in [-0.2, -0.15) is 10.2 Å². The van der Waals surface area contributed by atoms with Crippen LogP contribution in [0.25, 0.3) is 11.4 Å². The molecule has 0 bridgehead atoms. The molecule has 0 unspecified atom stereocenters. The molecule has 0 saturated heterocycles. The zero-order valence-corrected chi connectivity index (χ0v) is 36.8. The molecule has 0 aliphatic heterocycles. The van der Waals surface area contributed by atoms with Crippen molar-refractivity contribution in [2.24, 2.45) is 20.5 Å². The number of hydrogen-bond donors (Lipinski definition) is 5. The molecule has 0 saturated carbocycles. The summed E-state index contributed by atoms with van der Waals surface area (Å²) >= 11 is 5.32. The zero-order valence-electron chi connectivity index (χ0n) is 33.5. The first-order valence-electron chi connectivity index (χ1n) is 17.9. The SMILES string of the molecule is CC(C)(C)c1nn(-c2cc(OC=O)cc(C(=O)O)c2)c(N)c1N=Nc1nnc(SCCSc2nnc(N=Nc3c(C(C)(C)C)nn(-c4cc(C(=O)O)cc(C(=O)O)c4)c3N)s2)s1. The standard InChI is InChI=1S/C36H36N14O8S4/c1-35(2,3)24-22(26(37)49(47-24)19-10-16(28(52)53)9-17(11-19)29(54)55)39-41-31-43-45-33(61-31)59-7-8-60-34-46-44-32(62-34)42-40-23-25(36(4,5)6)48-50(27(23)38)20-12-18(30(56)57)13-21(14-20)58-15-51/h9-15H,7-8,37-38H2,1-6H3,(H,52,53)(H,54,55)(H,56,57). The van der Waals surface area contributed by atoms with E-state index in [1.807, 2.05) is 41.5 Å². The minimum atomic E-state index is -1.31. The van der Waals surface area contributed by atoms with Crippen molar-refractivity contribution in [1.29, 1.82) is 0 Å². The van der Waals surface area contributed by atoms with Gasteiger partial charge in [0, 0.05) is 28.4 Å². The number of carbonyl (C=O) groups is 4. The highest BCUT2D eigenvalue weighted by molar-refractivity contribution is 8.04. The van der Waals surface area contributed by atoms with Gasteiger partial charge in [-0.3, -0.25) is 4.79 Å². The van der Waals surface area contributed by atoms with Crippen LogP contribution in [-0.2, 0) is 15.6 Å². The second kappa shape index (κ2) is 18.1. The molecule has 6 aromatic rings. The van der Waals surface area contributed by atoms with Crippen molar-refractivity contribution in [3.05, 3.63) is 64.5 Å². The van der Waals surface area contributed by atoms with Crippen LogP contribution < -0.4 is 16.2 Å². The van der Waals surface area contributed by atoms with Gasteiger partial charge in [-0.25, -0.2) is 23.7 Å². The van der Waals surface area contributed by atoms with E-state index in [0.29, 0.717) is 31.6 Å². The summed E-state index contributed by atoms with van der Waals surface area (Å²) < 4.78 is 8.73. The monoisotopic (exact) mass is 920 g/mol. The third-order valence-corrected chi connectivity index (χ3v) is 12.4. The normalized spacial score (nSPS) is 12.1. The smallest absolute Gasteiger partial charge is 0.335 e. The van der Waals surface area contributed by atoms with Gasteiger partial charge in [0.1, 0.15) is 5.75 Å². The lowest BCUT2D eigenvalue weighted by Crippen LogP contribution is -2.13. The van der Waals surface area contributed by atoms with E-state index in [2.05, 4.69) is 51.0 Å². The summed E-state index contributed by atoms with van der Waals surface area (Å²) in [5.41, 5.74) is 12.9. The molecule has 7 N–H and O–H groups in total. The highest BCUT2D eigenvalue weighted by Crippen LogP contribution is 2.41. The topological polar surface area (TPSA) is 327 Å². The Kier molecular flexibility index (Phi) is 13.1. The Labute approximate surface area is 367 Å². The molecule has 4 aromatic heterocycles. The summed E-state index contributed by atoms with van der Waals surface area (Å²) in [6, 6.07) is 7.55. The molecule has 0 spiro atoms. The average molecular weight is 921 g/mol. The van der Waals surface area contributed by atoms with Crippen LogP contribution in [-0.4, -0.2) is 91.2 Å². The van der Waals surface area contributed by atoms with Crippen LogP contribution in [0.4, 0.5) is 33.3 Å². The van der Waals surface area contributed by atoms with E-state index in [1.54, 1.807) is 0 Å². The molecule has 0 aliphatic carbocycles. The molecule has 0 aliphatic rings. The van der Waals surface area contributed by atoms with Gasteiger partial charge in [0.2, 0.25) is 0 Å². The summed E-state index contributed by atoms with van der Waals surface area (Å²) in [6.45, 7) is 11.6. The van der Waals surface area contributed by atoms with Gasteiger partial charge in [0.15, 0.2) is 31.7 Å². The summed E-state index contributed by atoms with van der Waals surface area (Å²) in [4.78, 5) is 46.2. The van der Waals surface area contributed by atoms with E-state index >= 15 is 0 Å². The molecule has 0 fully saturated rings. The van der Waals surface area contributed by atoms with Crippen molar-refractivity contribution in [2.75, 3.05) is 23.0 Å². The van der Waals surface area contributed by atoms with Gasteiger partial charge in [-0.15, -0.1) is 40.9 Å². The number of anilines is 2. The predicted octanol–water partition coefficient (Wildman–Crippen LogP) is 7.87.